The molecular weight excluding hydrogens is 508 g/mol. The summed E-state index contributed by atoms with van der Waals surface area (Å²) in [5, 5.41) is 9.85. The second-order valence-electron chi connectivity index (χ2n) is 11.9. The van der Waals surface area contributed by atoms with E-state index in [1.807, 2.05) is 31.7 Å². The minimum Gasteiger partial charge on any atom is -0.481 e. The van der Waals surface area contributed by atoms with Crippen molar-refractivity contribution in [3.05, 3.63) is 59.2 Å². The van der Waals surface area contributed by atoms with E-state index in [9.17, 15) is 36.2 Å². The average Bonchev–Trinajstić information content (AvgIpc) is 3.63. The van der Waals surface area contributed by atoms with Gasteiger partial charge in [-0.1, -0.05) is 45.0 Å². The number of piperidine rings is 1. The zero-order valence-electron chi connectivity index (χ0n) is 21.7. The Morgan fingerprint density at radius 2 is 1.55 bits per heavy atom. The summed E-state index contributed by atoms with van der Waals surface area (Å²) >= 11 is 0. The van der Waals surface area contributed by atoms with Crippen molar-refractivity contribution in [1.29, 1.82) is 0 Å². The van der Waals surface area contributed by atoms with E-state index in [0.29, 0.717) is 36.0 Å². The number of carboxylic acids is 1. The highest BCUT2D eigenvalue weighted by atomic mass is 19.4. The van der Waals surface area contributed by atoms with Crippen molar-refractivity contribution >= 4 is 5.97 Å². The predicted octanol–water partition coefficient (Wildman–Crippen LogP) is 8.24. The van der Waals surface area contributed by atoms with Crippen molar-refractivity contribution in [2.75, 3.05) is 13.1 Å². The lowest BCUT2D eigenvalue weighted by Gasteiger charge is -2.41. The fraction of sp³-hybridized carbons (Fsp3) is 0.552. The molecule has 2 fully saturated rings. The number of rotatable bonds is 6. The Morgan fingerprint density at radius 3 is 2.00 bits per heavy atom. The highest BCUT2D eigenvalue weighted by Crippen LogP contribution is 2.51. The number of alkyl halides is 6. The van der Waals surface area contributed by atoms with Crippen LogP contribution < -0.4 is 0 Å². The zero-order chi connectivity index (χ0) is 28.1. The van der Waals surface area contributed by atoms with E-state index in [2.05, 4.69) is 0 Å². The van der Waals surface area contributed by atoms with Gasteiger partial charge < -0.3 is 5.11 Å². The Balaban J connectivity index is 1.79. The van der Waals surface area contributed by atoms with Gasteiger partial charge in [-0.2, -0.15) is 26.3 Å². The maximum atomic E-state index is 13.3. The number of nitrogens with zero attached hydrogens (tertiary/aromatic N) is 1. The highest BCUT2D eigenvalue weighted by Gasteiger charge is 2.52. The molecule has 0 bridgehead atoms. The second-order valence-corrected chi connectivity index (χ2v) is 11.9. The Bertz CT molecular complexity index is 1150. The van der Waals surface area contributed by atoms with E-state index in [1.54, 1.807) is 12.1 Å². The van der Waals surface area contributed by atoms with Gasteiger partial charge in [-0.05, 0) is 91.1 Å². The van der Waals surface area contributed by atoms with Gasteiger partial charge in [0.25, 0.3) is 0 Å². The van der Waals surface area contributed by atoms with Gasteiger partial charge in [0.2, 0.25) is 0 Å². The van der Waals surface area contributed by atoms with E-state index in [-0.39, 0.29) is 37.4 Å². The molecular formula is C29H33F6NO2. The van der Waals surface area contributed by atoms with E-state index in [0.717, 1.165) is 17.7 Å². The van der Waals surface area contributed by atoms with Gasteiger partial charge >= 0.3 is 18.3 Å². The Kier molecular flexibility index (Phi) is 7.40. The van der Waals surface area contributed by atoms with Crippen LogP contribution in [-0.2, 0) is 16.4 Å². The van der Waals surface area contributed by atoms with Crippen LogP contribution in [0.2, 0.25) is 0 Å². The lowest BCUT2D eigenvalue weighted by Crippen LogP contribution is -2.42. The van der Waals surface area contributed by atoms with Crippen molar-refractivity contribution < 1.29 is 36.2 Å². The summed E-state index contributed by atoms with van der Waals surface area (Å²) in [6, 6.07) is 9.85. The molecule has 1 saturated carbocycles. The summed E-state index contributed by atoms with van der Waals surface area (Å²) in [7, 11) is 0. The van der Waals surface area contributed by atoms with Gasteiger partial charge in [-0.25, -0.2) is 0 Å². The minimum absolute atomic E-state index is 0.0139. The molecule has 1 aliphatic heterocycles. The van der Waals surface area contributed by atoms with Crippen molar-refractivity contribution in [2.24, 2.45) is 11.3 Å². The molecule has 0 aromatic heterocycles. The Hall–Kier alpha value is -2.55. The lowest BCUT2D eigenvalue weighted by atomic mass is 9.80. The number of halogens is 6. The van der Waals surface area contributed by atoms with Crippen LogP contribution in [0.15, 0.2) is 42.5 Å². The largest absolute Gasteiger partial charge is 0.481 e. The van der Waals surface area contributed by atoms with Crippen LogP contribution in [0, 0.1) is 11.3 Å². The van der Waals surface area contributed by atoms with Crippen LogP contribution >= 0.6 is 0 Å². The van der Waals surface area contributed by atoms with Crippen LogP contribution in [0.5, 0.6) is 0 Å². The van der Waals surface area contributed by atoms with Crippen LogP contribution in [0.3, 0.4) is 0 Å². The van der Waals surface area contributed by atoms with Gasteiger partial charge in [0.15, 0.2) is 0 Å². The molecule has 2 aromatic carbocycles. The van der Waals surface area contributed by atoms with E-state index >= 15 is 0 Å². The number of aliphatic carboxylic acids is 1. The number of hydrogen-bond donors (Lipinski definition) is 1. The molecule has 1 heterocycles. The van der Waals surface area contributed by atoms with Gasteiger partial charge in [-0.3, -0.25) is 9.69 Å². The van der Waals surface area contributed by atoms with Crippen molar-refractivity contribution in [3.63, 3.8) is 0 Å². The first kappa shape index (κ1) is 28.5. The molecule has 1 unspecified atom stereocenters. The highest BCUT2D eigenvalue weighted by molar-refractivity contribution is 5.86. The van der Waals surface area contributed by atoms with Gasteiger partial charge in [0.1, 0.15) is 0 Å². The fourth-order valence-electron chi connectivity index (χ4n) is 5.54. The van der Waals surface area contributed by atoms with Crippen molar-refractivity contribution in [2.45, 2.75) is 76.7 Å². The molecule has 0 radical (unpaired) electrons. The molecule has 1 aliphatic carbocycles. The lowest BCUT2D eigenvalue weighted by molar-refractivity contribution is -0.186. The Labute approximate surface area is 218 Å². The third-order valence-electron chi connectivity index (χ3n) is 7.89. The second kappa shape index (κ2) is 9.88. The number of hydrogen-bond acceptors (Lipinski definition) is 2. The molecule has 0 spiro atoms. The third kappa shape index (κ3) is 6.03. The molecule has 1 atom stereocenters. The molecule has 9 heteroatoms. The first-order valence-corrected chi connectivity index (χ1v) is 12.9. The molecule has 1 N–H and O–H groups in total. The van der Waals surface area contributed by atoms with Crippen molar-refractivity contribution in [3.8, 4) is 11.1 Å². The SMILES string of the molecule is CC(C)(C)CC(c1ccc(C2(C(=O)O)CC2)cc1-c1ccc(C(F)(F)F)cc1)N1CCC(C(F)(F)F)CC1. The van der Waals surface area contributed by atoms with Gasteiger partial charge in [-0.15, -0.1) is 0 Å². The van der Waals surface area contributed by atoms with E-state index in [1.165, 1.54) is 12.1 Å². The quantitative estimate of drug-likeness (QED) is 0.375. The summed E-state index contributed by atoms with van der Waals surface area (Å²) in [4.78, 5) is 14.1. The smallest absolute Gasteiger partial charge is 0.416 e. The molecule has 3 nitrogen and oxygen atoms in total. The monoisotopic (exact) mass is 541 g/mol. The molecule has 208 valence electrons. The zero-order valence-corrected chi connectivity index (χ0v) is 21.7. The minimum atomic E-state index is -4.50. The molecule has 1 saturated heterocycles. The summed E-state index contributed by atoms with van der Waals surface area (Å²) in [5.41, 5.74) is 0.521. The molecule has 2 aliphatic rings. The summed E-state index contributed by atoms with van der Waals surface area (Å²) in [5.74, 6) is -2.29. The van der Waals surface area contributed by atoms with Crippen LogP contribution in [0.1, 0.15) is 75.6 Å². The summed E-state index contributed by atoms with van der Waals surface area (Å²) < 4.78 is 79.8. The van der Waals surface area contributed by atoms with Crippen LogP contribution in [0.4, 0.5) is 26.3 Å². The predicted molar refractivity (Wildman–Crippen MR) is 133 cm³/mol. The number of likely N-dealkylation sites (tertiary alicyclic amines) is 1. The van der Waals surface area contributed by atoms with Crippen LogP contribution in [-0.4, -0.2) is 35.2 Å². The Morgan fingerprint density at radius 1 is 0.974 bits per heavy atom. The van der Waals surface area contributed by atoms with Gasteiger partial charge in [0, 0.05) is 6.04 Å². The number of carbonyl (C=O) groups is 1. The van der Waals surface area contributed by atoms with Crippen LogP contribution in [0.25, 0.3) is 11.1 Å². The molecule has 38 heavy (non-hydrogen) atoms. The van der Waals surface area contributed by atoms with Crippen molar-refractivity contribution in [1.82, 2.24) is 4.90 Å². The van der Waals surface area contributed by atoms with E-state index < -0.39 is 35.2 Å². The normalized spacial score (nSPS) is 19.8. The molecule has 4 rings (SSSR count). The maximum absolute atomic E-state index is 13.3. The number of benzene rings is 2. The maximum Gasteiger partial charge on any atom is 0.416 e. The topological polar surface area (TPSA) is 40.5 Å². The first-order chi connectivity index (χ1) is 17.5. The third-order valence-corrected chi connectivity index (χ3v) is 7.89. The molecule has 0 amide bonds. The fourth-order valence-corrected chi connectivity index (χ4v) is 5.54. The summed E-state index contributed by atoms with van der Waals surface area (Å²) in [6.07, 6.45) is -7.20. The van der Waals surface area contributed by atoms with E-state index in [4.69, 9.17) is 0 Å². The molecule has 2 aromatic rings. The number of carboxylic acid groups (broad SMARTS) is 1. The van der Waals surface area contributed by atoms with Gasteiger partial charge in [0.05, 0.1) is 16.9 Å². The average molecular weight is 542 g/mol. The standard InChI is InChI=1S/C29H33F6NO2/c1-26(2,3)17-24(36-14-10-20(11-15-36)29(33,34)35)22-9-8-21(27(12-13-27)25(37)38)16-23(22)18-4-6-19(7-5-18)28(30,31)32/h4-9,16,20,24H,10-15,17H2,1-3H3,(H,37,38). The first-order valence-electron chi connectivity index (χ1n) is 12.9. The summed E-state index contributed by atoms with van der Waals surface area (Å²) in [6.45, 7) is 6.62.